The molecule has 1 fully saturated rings. The zero-order valence-electron chi connectivity index (χ0n) is 8.64. The zero-order chi connectivity index (χ0) is 10.7. The Bertz CT molecular complexity index is 334. The standard InChI is InChI=1S/C10H15N3OS/c1-7-9(3-5-14-7)15-8-2-4-12-10(6-8)13-11/h2,4,6-7,9H,3,5,11H2,1H3,(H,12,13). The monoisotopic (exact) mass is 225 g/mol. The SMILES string of the molecule is CC1OCCC1Sc1ccnc(NN)c1. The molecule has 0 aliphatic carbocycles. The third-order valence-corrected chi connectivity index (χ3v) is 3.92. The van der Waals surface area contributed by atoms with Gasteiger partial charge < -0.3 is 10.2 Å². The predicted octanol–water partition coefficient (Wildman–Crippen LogP) is 1.64. The average Bonchev–Trinajstić information content (AvgIpc) is 2.65. The van der Waals surface area contributed by atoms with E-state index in [0.29, 0.717) is 17.2 Å². The van der Waals surface area contributed by atoms with Crippen LogP contribution in [0.4, 0.5) is 5.82 Å². The van der Waals surface area contributed by atoms with E-state index in [1.54, 1.807) is 6.20 Å². The molecule has 0 amide bonds. The Hall–Kier alpha value is -0.780. The van der Waals surface area contributed by atoms with Crippen molar-refractivity contribution in [3.63, 3.8) is 0 Å². The molecular weight excluding hydrogens is 210 g/mol. The molecule has 82 valence electrons. The number of aromatic nitrogens is 1. The highest BCUT2D eigenvalue weighted by Crippen LogP contribution is 2.32. The van der Waals surface area contributed by atoms with Gasteiger partial charge >= 0.3 is 0 Å². The number of rotatable bonds is 3. The molecule has 0 saturated carbocycles. The second-order valence-corrected chi connectivity index (χ2v) is 4.85. The summed E-state index contributed by atoms with van der Waals surface area (Å²) in [5, 5.41) is 0.540. The van der Waals surface area contributed by atoms with Crippen LogP contribution in [-0.2, 0) is 4.74 Å². The lowest BCUT2D eigenvalue weighted by Gasteiger charge is -2.13. The number of nitrogens with zero attached hydrogens (tertiary/aromatic N) is 1. The van der Waals surface area contributed by atoms with Crippen molar-refractivity contribution in [2.24, 2.45) is 5.84 Å². The number of hydrogen-bond acceptors (Lipinski definition) is 5. The summed E-state index contributed by atoms with van der Waals surface area (Å²) in [6, 6.07) is 3.95. The molecule has 1 aromatic rings. The van der Waals surface area contributed by atoms with Crippen LogP contribution >= 0.6 is 11.8 Å². The highest BCUT2D eigenvalue weighted by atomic mass is 32.2. The molecule has 2 heterocycles. The molecule has 15 heavy (non-hydrogen) atoms. The lowest BCUT2D eigenvalue weighted by Crippen LogP contribution is -2.13. The van der Waals surface area contributed by atoms with Gasteiger partial charge in [-0.15, -0.1) is 11.8 Å². The van der Waals surface area contributed by atoms with Gasteiger partial charge in [-0.1, -0.05) is 0 Å². The van der Waals surface area contributed by atoms with Crippen molar-refractivity contribution >= 4 is 17.6 Å². The number of nitrogen functional groups attached to an aromatic ring is 1. The molecule has 1 aliphatic rings. The number of ether oxygens (including phenoxy) is 1. The topological polar surface area (TPSA) is 60.2 Å². The Morgan fingerprint density at radius 3 is 3.20 bits per heavy atom. The van der Waals surface area contributed by atoms with Gasteiger partial charge in [0.15, 0.2) is 0 Å². The van der Waals surface area contributed by atoms with Crippen molar-refractivity contribution in [2.45, 2.75) is 29.6 Å². The molecule has 1 aliphatic heterocycles. The minimum atomic E-state index is 0.331. The smallest absolute Gasteiger partial charge is 0.140 e. The van der Waals surface area contributed by atoms with E-state index in [9.17, 15) is 0 Å². The van der Waals surface area contributed by atoms with Crippen LogP contribution in [0.15, 0.2) is 23.2 Å². The summed E-state index contributed by atoms with van der Waals surface area (Å²) in [5.74, 6) is 6.01. The van der Waals surface area contributed by atoms with Crippen LogP contribution in [0.1, 0.15) is 13.3 Å². The fourth-order valence-corrected chi connectivity index (χ4v) is 2.76. The first-order valence-corrected chi connectivity index (χ1v) is 5.88. The first-order chi connectivity index (χ1) is 7.29. The van der Waals surface area contributed by atoms with Gasteiger partial charge in [-0.25, -0.2) is 10.8 Å². The molecule has 4 nitrogen and oxygen atoms in total. The predicted molar refractivity (Wildman–Crippen MR) is 61.7 cm³/mol. The summed E-state index contributed by atoms with van der Waals surface area (Å²) >= 11 is 1.83. The van der Waals surface area contributed by atoms with E-state index < -0.39 is 0 Å². The van der Waals surface area contributed by atoms with Crippen LogP contribution < -0.4 is 11.3 Å². The van der Waals surface area contributed by atoms with Gasteiger partial charge in [-0.2, -0.15) is 0 Å². The molecule has 1 aromatic heterocycles. The van der Waals surface area contributed by atoms with E-state index in [0.717, 1.165) is 13.0 Å². The molecule has 1 saturated heterocycles. The quantitative estimate of drug-likeness (QED) is 0.605. The highest BCUT2D eigenvalue weighted by Gasteiger charge is 2.25. The maximum atomic E-state index is 5.52. The molecule has 3 N–H and O–H groups in total. The maximum Gasteiger partial charge on any atom is 0.140 e. The average molecular weight is 225 g/mol. The number of thioether (sulfide) groups is 1. The van der Waals surface area contributed by atoms with Crippen molar-refractivity contribution in [3.8, 4) is 0 Å². The lowest BCUT2D eigenvalue weighted by atomic mass is 10.3. The molecule has 5 heteroatoms. The second kappa shape index (κ2) is 4.83. The zero-order valence-corrected chi connectivity index (χ0v) is 9.46. The Balaban J connectivity index is 2.03. The van der Waals surface area contributed by atoms with Gasteiger partial charge in [0, 0.05) is 22.9 Å². The molecule has 0 aromatic carbocycles. The van der Waals surface area contributed by atoms with E-state index >= 15 is 0 Å². The Morgan fingerprint density at radius 1 is 1.67 bits per heavy atom. The highest BCUT2D eigenvalue weighted by molar-refractivity contribution is 8.00. The molecule has 0 bridgehead atoms. The second-order valence-electron chi connectivity index (χ2n) is 3.54. The van der Waals surface area contributed by atoms with Crippen molar-refractivity contribution in [3.05, 3.63) is 18.3 Å². The van der Waals surface area contributed by atoms with Gasteiger partial charge in [-0.05, 0) is 25.5 Å². The summed E-state index contributed by atoms with van der Waals surface area (Å²) in [5.41, 5.74) is 2.55. The largest absolute Gasteiger partial charge is 0.377 e. The molecule has 0 spiro atoms. The van der Waals surface area contributed by atoms with Crippen molar-refractivity contribution < 1.29 is 4.74 Å². The molecule has 2 unspecified atom stereocenters. The Labute approximate surface area is 93.6 Å². The van der Waals surface area contributed by atoms with Gasteiger partial charge in [0.05, 0.1) is 6.10 Å². The van der Waals surface area contributed by atoms with Crippen LogP contribution in [0.25, 0.3) is 0 Å². The molecule has 0 radical (unpaired) electrons. The van der Waals surface area contributed by atoms with Crippen LogP contribution in [0, 0.1) is 0 Å². The van der Waals surface area contributed by atoms with E-state index in [1.807, 2.05) is 23.9 Å². The number of pyridine rings is 1. The maximum absolute atomic E-state index is 5.52. The molecule has 2 atom stereocenters. The first kappa shape index (κ1) is 10.7. The van der Waals surface area contributed by atoms with Gasteiger partial charge in [-0.3, -0.25) is 0 Å². The van der Waals surface area contributed by atoms with Gasteiger partial charge in [0.1, 0.15) is 5.82 Å². The third-order valence-electron chi connectivity index (χ3n) is 2.47. The van der Waals surface area contributed by atoms with E-state index in [-0.39, 0.29) is 0 Å². The number of nitrogens with one attached hydrogen (secondary N) is 1. The van der Waals surface area contributed by atoms with Crippen molar-refractivity contribution in [1.29, 1.82) is 0 Å². The lowest BCUT2D eigenvalue weighted by molar-refractivity contribution is 0.127. The normalized spacial score (nSPS) is 25.5. The van der Waals surface area contributed by atoms with Crippen LogP contribution in [0.5, 0.6) is 0 Å². The first-order valence-electron chi connectivity index (χ1n) is 5.00. The number of hydrazine groups is 1. The fourth-order valence-electron chi connectivity index (χ4n) is 1.61. The van der Waals surface area contributed by atoms with Crippen LogP contribution in [-0.4, -0.2) is 22.9 Å². The van der Waals surface area contributed by atoms with Crippen LogP contribution in [0.3, 0.4) is 0 Å². The number of anilines is 1. The summed E-state index contributed by atoms with van der Waals surface area (Å²) in [6.45, 7) is 2.99. The summed E-state index contributed by atoms with van der Waals surface area (Å²) in [7, 11) is 0. The third kappa shape index (κ3) is 2.62. The molecular formula is C10H15N3OS. The molecule has 2 rings (SSSR count). The van der Waals surface area contributed by atoms with Crippen molar-refractivity contribution in [1.82, 2.24) is 4.98 Å². The number of hydrogen-bond donors (Lipinski definition) is 2. The Kier molecular flexibility index (Phi) is 3.45. The number of nitrogens with two attached hydrogens (primary N) is 1. The summed E-state index contributed by atoms with van der Waals surface area (Å²) < 4.78 is 5.52. The Morgan fingerprint density at radius 2 is 2.53 bits per heavy atom. The van der Waals surface area contributed by atoms with Crippen LogP contribution in [0.2, 0.25) is 0 Å². The summed E-state index contributed by atoms with van der Waals surface area (Å²) in [4.78, 5) is 5.25. The summed E-state index contributed by atoms with van der Waals surface area (Å²) in [6.07, 6.45) is 3.20. The van der Waals surface area contributed by atoms with E-state index in [1.165, 1.54) is 4.90 Å². The van der Waals surface area contributed by atoms with Crippen molar-refractivity contribution in [2.75, 3.05) is 12.0 Å². The minimum absolute atomic E-state index is 0.331. The fraction of sp³-hybridized carbons (Fsp3) is 0.500. The van der Waals surface area contributed by atoms with Gasteiger partial charge in [0.25, 0.3) is 0 Å². The van der Waals surface area contributed by atoms with Gasteiger partial charge in [0.2, 0.25) is 0 Å². The van der Waals surface area contributed by atoms with E-state index in [4.69, 9.17) is 10.6 Å². The van der Waals surface area contributed by atoms with E-state index in [2.05, 4.69) is 17.3 Å². The minimum Gasteiger partial charge on any atom is -0.377 e.